The monoisotopic (exact) mass is 386 g/mol. The summed E-state index contributed by atoms with van der Waals surface area (Å²) in [6.45, 7) is 4.16. The maximum atomic E-state index is 13.8. The van der Waals surface area contributed by atoms with Gasteiger partial charge < -0.3 is 14.7 Å². The van der Waals surface area contributed by atoms with E-state index in [1.807, 2.05) is 18.2 Å². The predicted molar refractivity (Wildman–Crippen MR) is 105 cm³/mol. The zero-order chi connectivity index (χ0) is 18.8. The van der Waals surface area contributed by atoms with Crippen molar-refractivity contribution >= 4 is 23.0 Å². The lowest BCUT2D eigenvalue weighted by Crippen LogP contribution is -2.19. The Kier molecular flexibility index (Phi) is 4.99. The molecule has 1 saturated heterocycles. The second-order valence-corrected chi connectivity index (χ2v) is 7.12. The molecule has 0 atom stereocenters. The smallest absolute Gasteiger partial charge is 0.246 e. The molecule has 7 heteroatoms. The maximum Gasteiger partial charge on any atom is 0.246 e. The molecule has 1 aromatic heterocycles. The molecule has 2 aromatic carbocycles. The van der Waals surface area contributed by atoms with Gasteiger partial charge in [0, 0.05) is 23.7 Å². The molecule has 0 unspecified atom stereocenters. The van der Waals surface area contributed by atoms with Crippen LogP contribution in [-0.4, -0.2) is 23.2 Å². The third kappa shape index (κ3) is 3.90. The van der Waals surface area contributed by atoms with Gasteiger partial charge in [0.2, 0.25) is 11.7 Å². The van der Waals surface area contributed by atoms with E-state index in [-0.39, 0.29) is 5.82 Å². The molecule has 2 heterocycles. The minimum absolute atomic E-state index is 0.286. The number of halogens is 2. The van der Waals surface area contributed by atoms with Gasteiger partial charge in [0.1, 0.15) is 5.82 Å². The molecule has 140 valence electrons. The van der Waals surface area contributed by atoms with Crippen LogP contribution in [0.1, 0.15) is 24.3 Å². The van der Waals surface area contributed by atoms with Gasteiger partial charge in [-0.2, -0.15) is 4.98 Å². The normalized spacial score (nSPS) is 14.0. The molecule has 1 aliphatic rings. The molecule has 3 aromatic rings. The molecule has 1 N–H and O–H groups in total. The molecule has 0 bridgehead atoms. The largest absolute Gasteiger partial charge is 0.374 e. The first-order valence-electron chi connectivity index (χ1n) is 8.97. The average molecular weight is 387 g/mol. The van der Waals surface area contributed by atoms with Crippen LogP contribution in [-0.2, 0) is 6.54 Å². The topological polar surface area (TPSA) is 54.2 Å². The molecular weight excluding hydrogens is 367 g/mol. The van der Waals surface area contributed by atoms with E-state index >= 15 is 0 Å². The highest BCUT2D eigenvalue weighted by molar-refractivity contribution is 6.31. The van der Waals surface area contributed by atoms with Gasteiger partial charge in [-0.3, -0.25) is 0 Å². The summed E-state index contributed by atoms with van der Waals surface area (Å²) in [4.78, 5) is 6.70. The quantitative estimate of drug-likeness (QED) is 0.665. The van der Waals surface area contributed by atoms with Crippen molar-refractivity contribution in [1.82, 2.24) is 10.1 Å². The fraction of sp³-hybridized carbons (Fsp3) is 0.300. The third-order valence-corrected chi connectivity index (χ3v) is 4.97. The Morgan fingerprint density at radius 2 is 2.00 bits per heavy atom. The van der Waals surface area contributed by atoms with E-state index in [0.29, 0.717) is 34.4 Å². The minimum atomic E-state index is -0.286. The van der Waals surface area contributed by atoms with Gasteiger partial charge in [-0.05, 0) is 49.6 Å². The number of nitrogens with one attached hydrogen (secondary N) is 1. The maximum absolute atomic E-state index is 13.8. The average Bonchev–Trinajstić information content (AvgIpc) is 3.34. The van der Waals surface area contributed by atoms with Crippen LogP contribution >= 0.6 is 11.6 Å². The summed E-state index contributed by atoms with van der Waals surface area (Å²) >= 11 is 6.17. The summed E-state index contributed by atoms with van der Waals surface area (Å²) in [6.07, 6.45) is 2.39. The van der Waals surface area contributed by atoms with Crippen molar-refractivity contribution in [1.29, 1.82) is 0 Å². The Morgan fingerprint density at radius 3 is 2.78 bits per heavy atom. The second-order valence-electron chi connectivity index (χ2n) is 6.68. The molecular formula is C20H20ClFN4O. The summed E-state index contributed by atoms with van der Waals surface area (Å²) in [5.41, 5.74) is 3.23. The predicted octanol–water partition coefficient (Wildman–Crippen LogP) is 5.05. The van der Waals surface area contributed by atoms with Crippen LogP contribution in [0.3, 0.4) is 0 Å². The molecule has 4 rings (SSSR count). The number of hydrogen-bond acceptors (Lipinski definition) is 5. The molecule has 0 amide bonds. The lowest BCUT2D eigenvalue weighted by molar-refractivity contribution is 0.384. The number of rotatable bonds is 5. The van der Waals surface area contributed by atoms with Gasteiger partial charge >= 0.3 is 0 Å². The Hall–Kier alpha value is -2.60. The molecule has 1 fully saturated rings. The van der Waals surface area contributed by atoms with Crippen LogP contribution in [0.4, 0.5) is 15.8 Å². The Bertz CT molecular complexity index is 953. The molecule has 0 aliphatic carbocycles. The molecule has 0 spiro atoms. The number of anilines is 2. The highest BCUT2D eigenvalue weighted by Gasteiger charge is 2.17. The van der Waals surface area contributed by atoms with E-state index in [1.165, 1.54) is 18.9 Å². The first kappa shape index (κ1) is 17.8. The zero-order valence-corrected chi connectivity index (χ0v) is 15.8. The molecule has 5 nitrogen and oxygen atoms in total. The van der Waals surface area contributed by atoms with Crippen molar-refractivity contribution < 1.29 is 8.91 Å². The van der Waals surface area contributed by atoms with Crippen LogP contribution < -0.4 is 10.2 Å². The lowest BCUT2D eigenvalue weighted by Gasteiger charge is -2.21. The van der Waals surface area contributed by atoms with E-state index < -0.39 is 0 Å². The first-order chi connectivity index (χ1) is 13.1. The standard InChI is InChI=1S/C20H20ClFN4O/c1-13-4-5-14(10-16(13)22)20-24-19(27-25-20)12-23-17-11-15(21)6-7-18(17)26-8-2-3-9-26/h4-7,10-11,23H,2-3,8-9,12H2,1H3. The van der Waals surface area contributed by atoms with Gasteiger partial charge in [-0.15, -0.1) is 0 Å². The minimum Gasteiger partial charge on any atom is -0.374 e. The van der Waals surface area contributed by atoms with Crippen molar-refractivity contribution in [3.8, 4) is 11.4 Å². The van der Waals surface area contributed by atoms with E-state index in [9.17, 15) is 4.39 Å². The lowest BCUT2D eigenvalue weighted by atomic mass is 10.1. The van der Waals surface area contributed by atoms with E-state index in [0.717, 1.165) is 24.5 Å². The van der Waals surface area contributed by atoms with Crippen LogP contribution in [0, 0.1) is 12.7 Å². The number of aryl methyl sites for hydroxylation is 1. The van der Waals surface area contributed by atoms with Crippen LogP contribution in [0.2, 0.25) is 5.02 Å². The number of nitrogens with zero attached hydrogens (tertiary/aromatic N) is 3. The van der Waals surface area contributed by atoms with E-state index in [2.05, 4.69) is 20.4 Å². The molecule has 27 heavy (non-hydrogen) atoms. The van der Waals surface area contributed by atoms with Crippen LogP contribution in [0.25, 0.3) is 11.4 Å². The number of benzene rings is 2. The van der Waals surface area contributed by atoms with Gasteiger partial charge in [-0.1, -0.05) is 28.9 Å². The Morgan fingerprint density at radius 1 is 1.19 bits per heavy atom. The van der Waals surface area contributed by atoms with E-state index in [1.54, 1.807) is 19.1 Å². The van der Waals surface area contributed by atoms with Gasteiger partial charge in [0.25, 0.3) is 0 Å². The van der Waals surface area contributed by atoms with Crippen LogP contribution in [0.5, 0.6) is 0 Å². The van der Waals surface area contributed by atoms with Crippen LogP contribution in [0.15, 0.2) is 40.9 Å². The van der Waals surface area contributed by atoms with Crippen molar-refractivity contribution in [2.45, 2.75) is 26.3 Å². The fourth-order valence-corrected chi connectivity index (χ4v) is 3.40. The fourth-order valence-electron chi connectivity index (χ4n) is 3.23. The zero-order valence-electron chi connectivity index (χ0n) is 15.0. The summed E-state index contributed by atoms with van der Waals surface area (Å²) in [5, 5.41) is 7.96. The summed E-state index contributed by atoms with van der Waals surface area (Å²) in [6, 6.07) is 10.7. The Balaban J connectivity index is 1.50. The SMILES string of the molecule is Cc1ccc(-c2noc(CNc3cc(Cl)ccc3N3CCCC3)n2)cc1F. The number of aromatic nitrogens is 2. The summed E-state index contributed by atoms with van der Waals surface area (Å²) in [7, 11) is 0. The molecule has 0 radical (unpaired) electrons. The van der Waals surface area contributed by atoms with Crippen molar-refractivity contribution in [3.05, 3.63) is 58.7 Å². The van der Waals surface area contributed by atoms with Crippen molar-refractivity contribution in [2.24, 2.45) is 0 Å². The van der Waals surface area contributed by atoms with E-state index in [4.69, 9.17) is 16.1 Å². The summed E-state index contributed by atoms with van der Waals surface area (Å²) < 4.78 is 19.1. The van der Waals surface area contributed by atoms with Gasteiger partial charge in [0.05, 0.1) is 17.9 Å². The highest BCUT2D eigenvalue weighted by Crippen LogP contribution is 2.32. The second kappa shape index (κ2) is 7.56. The highest BCUT2D eigenvalue weighted by atomic mass is 35.5. The van der Waals surface area contributed by atoms with Gasteiger partial charge in [-0.25, -0.2) is 4.39 Å². The Labute approximate surface area is 162 Å². The van der Waals surface area contributed by atoms with Gasteiger partial charge in [0.15, 0.2) is 0 Å². The molecule has 1 aliphatic heterocycles. The summed E-state index contributed by atoms with van der Waals surface area (Å²) in [5.74, 6) is 0.515. The number of hydrogen-bond donors (Lipinski definition) is 1. The van der Waals surface area contributed by atoms with Crippen molar-refractivity contribution in [3.63, 3.8) is 0 Å². The first-order valence-corrected chi connectivity index (χ1v) is 9.35. The molecule has 0 saturated carbocycles. The van der Waals surface area contributed by atoms with Crippen molar-refractivity contribution in [2.75, 3.05) is 23.3 Å². The third-order valence-electron chi connectivity index (χ3n) is 4.73.